The molecular weight excluding hydrogens is 188 g/mol. The monoisotopic (exact) mass is 208 g/mol. The van der Waals surface area contributed by atoms with E-state index >= 15 is 0 Å². The topological polar surface area (TPSA) is 41.0 Å². The number of likely N-dealkylation sites (N-methyl/N-ethyl adjacent to an activating group) is 1. The molecule has 1 N–H and O–H groups in total. The summed E-state index contributed by atoms with van der Waals surface area (Å²) in [6.07, 6.45) is 5.24. The molecule has 0 amide bonds. The molecule has 0 atom stereocenters. The molecule has 0 aliphatic heterocycles. The minimum absolute atomic E-state index is 0.849. The molecule has 1 aromatic rings. The Kier molecular flexibility index (Phi) is 5.88. The van der Waals surface area contributed by atoms with E-state index in [1.165, 1.54) is 0 Å². The molecule has 1 aromatic heterocycles. The molecule has 0 bridgehead atoms. The Morgan fingerprint density at radius 1 is 1.20 bits per heavy atom. The van der Waals surface area contributed by atoms with Crippen LogP contribution < -0.4 is 5.32 Å². The Hall–Kier alpha value is -1.00. The second-order valence-electron chi connectivity index (χ2n) is 3.45. The molecule has 84 valence electrons. The molecule has 15 heavy (non-hydrogen) atoms. The van der Waals surface area contributed by atoms with Crippen LogP contribution in [-0.2, 0) is 6.54 Å². The molecule has 0 spiro atoms. The van der Waals surface area contributed by atoms with E-state index in [2.05, 4.69) is 34.0 Å². The smallest absolute Gasteiger partial charge is 0.115 e. The minimum atomic E-state index is 0.849. The summed E-state index contributed by atoms with van der Waals surface area (Å²) >= 11 is 0. The molecule has 0 saturated heterocycles. The van der Waals surface area contributed by atoms with Crippen molar-refractivity contribution in [1.82, 2.24) is 20.2 Å². The summed E-state index contributed by atoms with van der Waals surface area (Å²) < 4.78 is 0. The van der Waals surface area contributed by atoms with E-state index in [-0.39, 0.29) is 0 Å². The first-order chi connectivity index (χ1) is 7.36. The highest BCUT2D eigenvalue weighted by Crippen LogP contribution is 1.91. The van der Waals surface area contributed by atoms with E-state index in [0.717, 1.165) is 38.3 Å². The maximum Gasteiger partial charge on any atom is 0.115 e. The second kappa shape index (κ2) is 7.31. The summed E-state index contributed by atoms with van der Waals surface area (Å²) in [4.78, 5) is 10.3. The van der Waals surface area contributed by atoms with Gasteiger partial charge in [-0.15, -0.1) is 0 Å². The van der Waals surface area contributed by atoms with Crippen molar-refractivity contribution in [3.05, 3.63) is 24.3 Å². The number of nitrogens with one attached hydrogen (secondary N) is 1. The van der Waals surface area contributed by atoms with Crippen molar-refractivity contribution < 1.29 is 0 Å². The number of hydrogen-bond donors (Lipinski definition) is 1. The van der Waals surface area contributed by atoms with E-state index in [1.54, 1.807) is 6.33 Å². The highest BCUT2D eigenvalue weighted by atomic mass is 15.1. The lowest BCUT2D eigenvalue weighted by molar-refractivity contribution is 0.302. The van der Waals surface area contributed by atoms with Crippen molar-refractivity contribution in [2.24, 2.45) is 0 Å². The van der Waals surface area contributed by atoms with Gasteiger partial charge >= 0.3 is 0 Å². The Morgan fingerprint density at radius 3 is 2.47 bits per heavy atom. The number of aromatic nitrogens is 2. The lowest BCUT2D eigenvalue weighted by Gasteiger charge is -2.17. The number of rotatable bonds is 7. The van der Waals surface area contributed by atoms with Gasteiger partial charge < -0.3 is 10.2 Å². The summed E-state index contributed by atoms with van der Waals surface area (Å²) in [5, 5.41) is 3.38. The third-order valence-electron chi connectivity index (χ3n) is 2.44. The number of hydrogen-bond acceptors (Lipinski definition) is 4. The van der Waals surface area contributed by atoms with Crippen LogP contribution in [0.15, 0.2) is 18.7 Å². The molecule has 0 fully saturated rings. The van der Waals surface area contributed by atoms with Crippen LogP contribution in [0.1, 0.15) is 19.4 Å². The summed E-state index contributed by atoms with van der Waals surface area (Å²) in [7, 11) is 0. The summed E-state index contributed by atoms with van der Waals surface area (Å²) in [5.74, 6) is 0. The highest BCUT2D eigenvalue weighted by Gasteiger charge is 1.97. The molecule has 0 aliphatic carbocycles. The average molecular weight is 208 g/mol. The van der Waals surface area contributed by atoms with Gasteiger partial charge in [0, 0.05) is 37.6 Å². The second-order valence-corrected chi connectivity index (χ2v) is 3.45. The average Bonchev–Trinajstić information content (AvgIpc) is 2.31. The first-order valence-electron chi connectivity index (χ1n) is 5.53. The first kappa shape index (κ1) is 12.1. The summed E-state index contributed by atoms with van der Waals surface area (Å²) in [6.45, 7) is 9.57. The van der Waals surface area contributed by atoms with Gasteiger partial charge in [-0.05, 0) is 13.1 Å². The third kappa shape index (κ3) is 4.85. The normalized spacial score (nSPS) is 10.9. The summed E-state index contributed by atoms with van der Waals surface area (Å²) in [6, 6.07) is 0. The van der Waals surface area contributed by atoms with E-state index in [0.29, 0.717) is 0 Å². The predicted octanol–water partition coefficient (Wildman–Crippen LogP) is 0.908. The Labute approximate surface area is 91.7 Å². The van der Waals surface area contributed by atoms with Gasteiger partial charge in [-0.3, -0.25) is 0 Å². The molecule has 1 heterocycles. The van der Waals surface area contributed by atoms with Crippen molar-refractivity contribution in [3.63, 3.8) is 0 Å². The zero-order valence-electron chi connectivity index (χ0n) is 9.61. The zero-order valence-corrected chi connectivity index (χ0v) is 9.61. The fourth-order valence-electron chi connectivity index (χ4n) is 1.43. The number of nitrogens with zero attached hydrogens (tertiary/aromatic N) is 3. The lowest BCUT2D eigenvalue weighted by atomic mass is 10.3. The lowest BCUT2D eigenvalue weighted by Crippen LogP contribution is -2.31. The maximum atomic E-state index is 3.97. The largest absolute Gasteiger partial charge is 0.311 e. The SMILES string of the molecule is CCN(CC)CCNCc1cncnc1. The first-order valence-corrected chi connectivity index (χ1v) is 5.53. The fraction of sp³-hybridized carbons (Fsp3) is 0.636. The van der Waals surface area contributed by atoms with Crippen molar-refractivity contribution >= 4 is 0 Å². The molecule has 0 unspecified atom stereocenters. The van der Waals surface area contributed by atoms with E-state index < -0.39 is 0 Å². The van der Waals surface area contributed by atoms with Crippen LogP contribution in [0.5, 0.6) is 0 Å². The molecule has 0 saturated carbocycles. The quantitative estimate of drug-likeness (QED) is 0.676. The van der Waals surface area contributed by atoms with Gasteiger partial charge in [0.1, 0.15) is 6.33 Å². The van der Waals surface area contributed by atoms with Crippen LogP contribution >= 0.6 is 0 Å². The highest BCUT2D eigenvalue weighted by molar-refractivity contribution is 5.01. The van der Waals surface area contributed by atoms with Crippen LogP contribution in [0.3, 0.4) is 0 Å². The minimum Gasteiger partial charge on any atom is -0.311 e. The van der Waals surface area contributed by atoms with Crippen LogP contribution in [0, 0.1) is 0 Å². The third-order valence-corrected chi connectivity index (χ3v) is 2.44. The van der Waals surface area contributed by atoms with E-state index in [9.17, 15) is 0 Å². The molecule has 1 rings (SSSR count). The molecular formula is C11H20N4. The van der Waals surface area contributed by atoms with Crippen molar-refractivity contribution in [3.8, 4) is 0 Å². The van der Waals surface area contributed by atoms with Gasteiger partial charge in [0.15, 0.2) is 0 Å². The van der Waals surface area contributed by atoms with Crippen molar-refractivity contribution in [2.75, 3.05) is 26.2 Å². The fourth-order valence-corrected chi connectivity index (χ4v) is 1.43. The van der Waals surface area contributed by atoms with Gasteiger partial charge in [0.05, 0.1) is 0 Å². The van der Waals surface area contributed by atoms with Gasteiger partial charge in [-0.25, -0.2) is 9.97 Å². The molecule has 0 aromatic carbocycles. The van der Waals surface area contributed by atoms with Crippen LogP contribution in [-0.4, -0.2) is 41.0 Å². The van der Waals surface area contributed by atoms with Crippen LogP contribution in [0.4, 0.5) is 0 Å². The van der Waals surface area contributed by atoms with Crippen LogP contribution in [0.25, 0.3) is 0 Å². The predicted molar refractivity (Wildman–Crippen MR) is 61.5 cm³/mol. The molecule has 4 heteroatoms. The van der Waals surface area contributed by atoms with E-state index in [4.69, 9.17) is 0 Å². The van der Waals surface area contributed by atoms with E-state index in [1.807, 2.05) is 12.4 Å². The van der Waals surface area contributed by atoms with Crippen molar-refractivity contribution in [2.45, 2.75) is 20.4 Å². The maximum absolute atomic E-state index is 3.97. The Morgan fingerprint density at radius 2 is 1.87 bits per heavy atom. The molecule has 0 aliphatic rings. The van der Waals surface area contributed by atoms with Crippen LogP contribution in [0.2, 0.25) is 0 Å². The van der Waals surface area contributed by atoms with Gasteiger partial charge in [0.2, 0.25) is 0 Å². The molecule has 4 nitrogen and oxygen atoms in total. The summed E-state index contributed by atoms with van der Waals surface area (Å²) in [5.41, 5.74) is 1.14. The standard InChI is InChI=1S/C11H20N4/c1-3-15(4-2)6-5-12-7-11-8-13-10-14-9-11/h8-10,12H,3-7H2,1-2H3. The van der Waals surface area contributed by atoms with Crippen molar-refractivity contribution in [1.29, 1.82) is 0 Å². The molecule has 0 radical (unpaired) electrons. The Balaban J connectivity index is 2.12. The Bertz CT molecular complexity index is 246. The van der Waals surface area contributed by atoms with Gasteiger partial charge in [0.25, 0.3) is 0 Å². The van der Waals surface area contributed by atoms with Gasteiger partial charge in [-0.1, -0.05) is 13.8 Å². The zero-order chi connectivity index (χ0) is 10.9. The van der Waals surface area contributed by atoms with Gasteiger partial charge in [-0.2, -0.15) is 0 Å².